The van der Waals surface area contributed by atoms with E-state index in [1.54, 1.807) is 4.57 Å². The highest BCUT2D eigenvalue weighted by molar-refractivity contribution is 6.00. The Morgan fingerprint density at radius 1 is 0.862 bits per heavy atom. The number of nitrogens with one attached hydrogen (secondary N) is 1. The monoisotopic (exact) mass is 380 g/mol. The summed E-state index contributed by atoms with van der Waals surface area (Å²) in [5.41, 5.74) is 7.91. The van der Waals surface area contributed by atoms with Gasteiger partial charge in [-0.15, -0.1) is 0 Å². The molecule has 5 rings (SSSR count). The first-order valence-corrected chi connectivity index (χ1v) is 9.77. The third-order valence-electron chi connectivity index (χ3n) is 5.23. The average molecular weight is 380 g/mol. The molecule has 0 saturated carbocycles. The molecule has 0 radical (unpaired) electrons. The van der Waals surface area contributed by atoms with Gasteiger partial charge in [0.1, 0.15) is 5.71 Å². The van der Waals surface area contributed by atoms with Gasteiger partial charge in [0.25, 0.3) is 5.56 Å². The molecule has 0 aliphatic carbocycles. The molecule has 29 heavy (non-hydrogen) atoms. The zero-order valence-electron chi connectivity index (χ0n) is 15.9. The van der Waals surface area contributed by atoms with E-state index in [1.165, 1.54) is 5.56 Å². The number of rotatable bonds is 3. The van der Waals surface area contributed by atoms with Crippen molar-refractivity contribution >= 4 is 22.3 Å². The lowest BCUT2D eigenvalue weighted by Gasteiger charge is -2.19. The van der Waals surface area contributed by atoms with E-state index in [1.807, 2.05) is 54.6 Å². The number of nitrogens with zero attached hydrogens (tertiary/aromatic N) is 3. The Morgan fingerprint density at radius 2 is 1.59 bits per heavy atom. The van der Waals surface area contributed by atoms with Crippen LogP contribution in [-0.2, 0) is 6.54 Å². The summed E-state index contributed by atoms with van der Waals surface area (Å²) in [6, 6.07) is 25.9. The Balaban J connectivity index is 1.45. The van der Waals surface area contributed by atoms with Crippen LogP contribution < -0.4 is 11.0 Å². The molecule has 0 atom stereocenters. The van der Waals surface area contributed by atoms with Crippen molar-refractivity contribution in [3.05, 3.63) is 95.0 Å². The number of para-hydroxylation sites is 1. The predicted molar refractivity (Wildman–Crippen MR) is 117 cm³/mol. The average Bonchev–Trinajstić information content (AvgIpc) is 2.79. The van der Waals surface area contributed by atoms with Crippen molar-refractivity contribution in [2.75, 3.05) is 5.43 Å². The van der Waals surface area contributed by atoms with E-state index >= 15 is 0 Å². The molecule has 0 amide bonds. The maximum absolute atomic E-state index is 12.8. The molecule has 1 aliphatic rings. The maximum atomic E-state index is 12.8. The van der Waals surface area contributed by atoms with Crippen LogP contribution in [0.3, 0.4) is 0 Å². The first kappa shape index (κ1) is 17.4. The highest BCUT2D eigenvalue weighted by atomic mass is 16.1. The van der Waals surface area contributed by atoms with Gasteiger partial charge < -0.3 is 0 Å². The Morgan fingerprint density at radius 3 is 2.41 bits per heavy atom. The third-order valence-corrected chi connectivity index (χ3v) is 5.23. The topological polar surface area (TPSA) is 59.3 Å². The molecule has 0 unspecified atom stereocenters. The maximum Gasteiger partial charge on any atom is 0.261 e. The van der Waals surface area contributed by atoms with Crippen molar-refractivity contribution in [2.45, 2.75) is 19.4 Å². The number of hydrazone groups is 1. The number of hydrogen-bond acceptors (Lipinski definition) is 4. The van der Waals surface area contributed by atoms with E-state index in [0.29, 0.717) is 23.3 Å². The van der Waals surface area contributed by atoms with E-state index < -0.39 is 0 Å². The van der Waals surface area contributed by atoms with Crippen LogP contribution in [0.1, 0.15) is 18.7 Å². The van der Waals surface area contributed by atoms with E-state index in [9.17, 15) is 4.79 Å². The van der Waals surface area contributed by atoms with Gasteiger partial charge in [-0.25, -0.2) is 4.98 Å². The zero-order valence-corrected chi connectivity index (χ0v) is 15.9. The first-order chi connectivity index (χ1) is 14.3. The molecule has 2 heterocycles. The molecule has 0 spiro atoms. The fraction of sp³-hybridized carbons (Fsp3) is 0.125. The molecule has 0 fully saturated rings. The Bertz CT molecular complexity index is 1260. The molecule has 4 aromatic rings. The van der Waals surface area contributed by atoms with Crippen LogP contribution in [0.15, 0.2) is 88.8 Å². The number of fused-ring (bicyclic) bond motifs is 2. The van der Waals surface area contributed by atoms with Crippen molar-refractivity contribution in [3.63, 3.8) is 0 Å². The van der Waals surface area contributed by atoms with Gasteiger partial charge >= 0.3 is 0 Å². The molecule has 5 heteroatoms. The number of aromatic nitrogens is 2. The van der Waals surface area contributed by atoms with Gasteiger partial charge in [-0.05, 0) is 48.2 Å². The molecule has 5 nitrogen and oxygen atoms in total. The van der Waals surface area contributed by atoms with Gasteiger partial charge in [0.15, 0.2) is 5.82 Å². The molecule has 0 bridgehead atoms. The summed E-state index contributed by atoms with van der Waals surface area (Å²) < 4.78 is 1.74. The fourth-order valence-corrected chi connectivity index (χ4v) is 3.72. The van der Waals surface area contributed by atoms with E-state index in [4.69, 9.17) is 4.98 Å². The Hall–Kier alpha value is -3.73. The Labute approximate surface area is 168 Å². The minimum atomic E-state index is 0.00483. The van der Waals surface area contributed by atoms with Crippen LogP contribution in [0.2, 0.25) is 0 Å². The lowest BCUT2D eigenvalue weighted by molar-refractivity contribution is 0.597. The minimum Gasteiger partial charge on any atom is -0.291 e. The van der Waals surface area contributed by atoms with Gasteiger partial charge in [0.2, 0.25) is 0 Å². The molecular weight excluding hydrogens is 360 g/mol. The number of anilines is 1. The normalized spacial score (nSPS) is 14.7. The summed E-state index contributed by atoms with van der Waals surface area (Å²) in [7, 11) is 0. The molecule has 1 aliphatic heterocycles. The molecule has 3 aromatic carbocycles. The third kappa shape index (κ3) is 3.31. The first-order valence-electron chi connectivity index (χ1n) is 9.77. The summed E-state index contributed by atoms with van der Waals surface area (Å²) in [6.07, 6.45) is 1.67. The second-order valence-corrected chi connectivity index (χ2v) is 7.13. The predicted octanol–water partition coefficient (Wildman–Crippen LogP) is 4.67. The molecular formula is C24H20N4O. The minimum absolute atomic E-state index is 0.00483. The molecule has 1 N–H and O–H groups in total. The second kappa shape index (κ2) is 7.36. The van der Waals surface area contributed by atoms with Crippen LogP contribution in [0.25, 0.3) is 22.0 Å². The summed E-state index contributed by atoms with van der Waals surface area (Å²) in [6.45, 7) is 0.677. The van der Waals surface area contributed by atoms with Crippen LogP contribution in [0, 0.1) is 0 Å². The summed E-state index contributed by atoms with van der Waals surface area (Å²) in [5.74, 6) is 0.661. The van der Waals surface area contributed by atoms with Gasteiger partial charge in [0.05, 0.1) is 16.6 Å². The quantitative estimate of drug-likeness (QED) is 0.525. The summed E-state index contributed by atoms with van der Waals surface area (Å²) >= 11 is 0. The largest absolute Gasteiger partial charge is 0.291 e. The number of hydrogen-bond donors (Lipinski definition) is 1. The van der Waals surface area contributed by atoms with E-state index in [-0.39, 0.29) is 5.56 Å². The number of benzene rings is 3. The van der Waals surface area contributed by atoms with Crippen molar-refractivity contribution in [3.8, 4) is 11.1 Å². The lowest BCUT2D eigenvalue weighted by Crippen LogP contribution is -2.32. The highest BCUT2D eigenvalue weighted by Crippen LogP contribution is 2.21. The smallest absolute Gasteiger partial charge is 0.261 e. The standard InChI is InChI=1S/C24H20N4O/c29-24-20-9-4-5-10-21(20)25-23-22(11-6-16-28(23)24)27-26-19-14-12-18(13-15-19)17-7-2-1-3-8-17/h1-5,7-10,12-15,26H,6,11,16H2/b27-22+. The van der Waals surface area contributed by atoms with Crippen LogP contribution in [0.5, 0.6) is 0 Å². The Kier molecular flexibility index (Phi) is 4.41. The van der Waals surface area contributed by atoms with Crippen LogP contribution in [-0.4, -0.2) is 15.3 Å². The fourth-order valence-electron chi connectivity index (χ4n) is 3.72. The van der Waals surface area contributed by atoms with E-state index in [0.717, 1.165) is 29.8 Å². The summed E-state index contributed by atoms with van der Waals surface area (Å²) in [5, 5.41) is 5.24. The lowest BCUT2D eigenvalue weighted by atomic mass is 10.1. The highest BCUT2D eigenvalue weighted by Gasteiger charge is 2.20. The molecule has 0 saturated heterocycles. The van der Waals surface area contributed by atoms with Crippen molar-refractivity contribution in [1.82, 2.24) is 9.55 Å². The van der Waals surface area contributed by atoms with Crippen molar-refractivity contribution in [2.24, 2.45) is 5.10 Å². The SMILES string of the molecule is O=c1c2ccccc2nc2n1CCC/C2=N\Nc1ccc(-c2ccccc2)cc1. The van der Waals surface area contributed by atoms with Crippen molar-refractivity contribution < 1.29 is 0 Å². The van der Waals surface area contributed by atoms with E-state index in [2.05, 4.69) is 34.8 Å². The molecule has 1 aromatic heterocycles. The second-order valence-electron chi connectivity index (χ2n) is 7.13. The zero-order chi connectivity index (χ0) is 19.6. The summed E-state index contributed by atoms with van der Waals surface area (Å²) in [4.78, 5) is 17.5. The van der Waals surface area contributed by atoms with Gasteiger partial charge in [-0.1, -0.05) is 54.6 Å². The van der Waals surface area contributed by atoms with Crippen LogP contribution in [0.4, 0.5) is 5.69 Å². The molecule has 142 valence electrons. The van der Waals surface area contributed by atoms with Crippen molar-refractivity contribution in [1.29, 1.82) is 0 Å². The van der Waals surface area contributed by atoms with Gasteiger partial charge in [-0.3, -0.25) is 14.8 Å². The van der Waals surface area contributed by atoms with Gasteiger partial charge in [-0.2, -0.15) is 5.10 Å². The van der Waals surface area contributed by atoms with Crippen LogP contribution >= 0.6 is 0 Å². The van der Waals surface area contributed by atoms with Gasteiger partial charge in [0, 0.05) is 6.54 Å².